The molecule has 0 atom stereocenters. The van der Waals surface area contributed by atoms with Gasteiger partial charge in [-0.05, 0) is 19.8 Å². The second-order valence-electron chi connectivity index (χ2n) is 3.39. The number of rotatable bonds is 4. The van der Waals surface area contributed by atoms with Gasteiger partial charge in [0, 0.05) is 6.21 Å². The number of hydrogen-bond donors (Lipinski definition) is 0. The van der Waals surface area contributed by atoms with Crippen molar-refractivity contribution in [3.63, 3.8) is 0 Å². The third-order valence-electron chi connectivity index (χ3n) is 1.63. The van der Waals surface area contributed by atoms with Gasteiger partial charge in [-0.3, -0.25) is 4.99 Å². The summed E-state index contributed by atoms with van der Waals surface area (Å²) in [5.74, 6) is 0.259. The summed E-state index contributed by atoms with van der Waals surface area (Å²) in [7, 11) is 0. The molecule has 2 nitrogen and oxygen atoms in total. The SMILES string of the molecule is CC=N/C(=C(/C)OCC(F)(F)F)C(C)C. The molecule has 0 unspecified atom stereocenters. The summed E-state index contributed by atoms with van der Waals surface area (Å²) in [5.41, 5.74) is 0.543. The Morgan fingerprint density at radius 1 is 1.40 bits per heavy atom. The van der Waals surface area contributed by atoms with Gasteiger partial charge in [0.15, 0.2) is 6.61 Å². The van der Waals surface area contributed by atoms with Gasteiger partial charge >= 0.3 is 6.18 Å². The maximum atomic E-state index is 11.9. The van der Waals surface area contributed by atoms with Gasteiger partial charge in [-0.15, -0.1) is 0 Å². The van der Waals surface area contributed by atoms with Crippen molar-refractivity contribution in [1.29, 1.82) is 0 Å². The molecule has 0 fully saturated rings. The number of ether oxygens (including phenoxy) is 1. The average Bonchev–Trinajstić information content (AvgIpc) is 2.08. The van der Waals surface area contributed by atoms with Gasteiger partial charge in [0.2, 0.25) is 0 Å². The summed E-state index contributed by atoms with van der Waals surface area (Å²) >= 11 is 0. The van der Waals surface area contributed by atoms with Crippen LogP contribution in [0.3, 0.4) is 0 Å². The van der Waals surface area contributed by atoms with Crippen molar-refractivity contribution in [3.05, 3.63) is 11.5 Å². The second kappa shape index (κ2) is 5.78. The molecule has 0 radical (unpaired) electrons. The fraction of sp³-hybridized carbons (Fsp3) is 0.700. The smallest absolute Gasteiger partial charge is 0.422 e. The van der Waals surface area contributed by atoms with Gasteiger partial charge in [0.05, 0.1) is 5.70 Å². The molecule has 0 N–H and O–H groups in total. The van der Waals surface area contributed by atoms with Crippen LogP contribution < -0.4 is 0 Å². The van der Waals surface area contributed by atoms with E-state index in [1.54, 1.807) is 6.92 Å². The van der Waals surface area contributed by atoms with Crippen molar-refractivity contribution < 1.29 is 17.9 Å². The van der Waals surface area contributed by atoms with Gasteiger partial charge in [0.25, 0.3) is 0 Å². The molecule has 0 rings (SSSR count). The Kier molecular flexibility index (Phi) is 5.39. The van der Waals surface area contributed by atoms with Crippen LogP contribution in [0.25, 0.3) is 0 Å². The maximum Gasteiger partial charge on any atom is 0.422 e. The van der Waals surface area contributed by atoms with Crippen LogP contribution in [-0.4, -0.2) is 19.0 Å². The van der Waals surface area contributed by atoms with E-state index in [9.17, 15) is 13.2 Å². The summed E-state index contributed by atoms with van der Waals surface area (Å²) in [5, 5.41) is 0. The highest BCUT2D eigenvalue weighted by molar-refractivity contribution is 5.55. The van der Waals surface area contributed by atoms with Crippen LogP contribution in [-0.2, 0) is 4.74 Å². The summed E-state index contributed by atoms with van der Waals surface area (Å²) in [4.78, 5) is 3.99. The van der Waals surface area contributed by atoms with Crippen molar-refractivity contribution in [2.75, 3.05) is 6.61 Å². The Morgan fingerprint density at radius 2 is 1.93 bits per heavy atom. The lowest BCUT2D eigenvalue weighted by molar-refractivity contribution is -0.165. The molecule has 0 aromatic carbocycles. The number of hydrogen-bond acceptors (Lipinski definition) is 2. The highest BCUT2D eigenvalue weighted by atomic mass is 19.4. The largest absolute Gasteiger partial charge is 0.487 e. The normalized spacial score (nSPS) is 14.7. The average molecular weight is 223 g/mol. The predicted molar refractivity (Wildman–Crippen MR) is 53.7 cm³/mol. The highest BCUT2D eigenvalue weighted by Crippen LogP contribution is 2.21. The molecule has 5 heteroatoms. The predicted octanol–water partition coefficient (Wildman–Crippen LogP) is 3.54. The van der Waals surface area contributed by atoms with Gasteiger partial charge < -0.3 is 4.74 Å². The van der Waals surface area contributed by atoms with Gasteiger partial charge in [-0.25, -0.2) is 0 Å². The zero-order chi connectivity index (χ0) is 12.1. The van der Waals surface area contributed by atoms with Gasteiger partial charge in [-0.1, -0.05) is 13.8 Å². The lowest BCUT2D eigenvalue weighted by Gasteiger charge is -2.14. The van der Waals surface area contributed by atoms with Crippen LogP contribution in [0, 0.1) is 5.92 Å². The van der Waals surface area contributed by atoms with Gasteiger partial charge in [0.1, 0.15) is 5.76 Å². The minimum absolute atomic E-state index is 0.0365. The van der Waals surface area contributed by atoms with Crippen molar-refractivity contribution >= 4 is 6.21 Å². The zero-order valence-electron chi connectivity index (χ0n) is 9.35. The standard InChI is InChI=1S/C10H16F3NO/c1-5-14-9(7(2)3)8(4)15-6-10(11,12)13/h5,7H,6H2,1-4H3/b9-8-,14-5?. The first-order chi connectivity index (χ1) is 6.78. The Bertz CT molecular complexity index is 254. The van der Waals surface area contributed by atoms with E-state index in [1.807, 2.05) is 13.8 Å². The molecule has 0 amide bonds. The molecule has 0 aliphatic rings. The molecule has 0 spiro atoms. The minimum atomic E-state index is -4.31. The van der Waals surface area contributed by atoms with Crippen LogP contribution in [0.4, 0.5) is 13.2 Å². The molecule has 0 saturated heterocycles. The Balaban J connectivity index is 4.58. The fourth-order valence-corrected chi connectivity index (χ4v) is 1.05. The zero-order valence-corrected chi connectivity index (χ0v) is 9.35. The van der Waals surface area contributed by atoms with Crippen molar-refractivity contribution in [3.8, 4) is 0 Å². The molecular formula is C10H16F3NO. The quantitative estimate of drug-likeness (QED) is 0.527. The topological polar surface area (TPSA) is 21.6 Å². The first kappa shape index (κ1) is 14.0. The second-order valence-corrected chi connectivity index (χ2v) is 3.39. The molecule has 88 valence electrons. The van der Waals surface area contributed by atoms with E-state index in [0.29, 0.717) is 5.70 Å². The van der Waals surface area contributed by atoms with Crippen LogP contribution in [0.15, 0.2) is 16.4 Å². The molecule has 15 heavy (non-hydrogen) atoms. The van der Waals surface area contributed by atoms with Gasteiger partial charge in [-0.2, -0.15) is 13.2 Å². The Labute approximate surface area is 87.8 Å². The lowest BCUT2D eigenvalue weighted by Crippen LogP contribution is -2.17. The number of halogens is 3. The van der Waals surface area contributed by atoms with Crippen molar-refractivity contribution in [2.45, 2.75) is 33.9 Å². The van der Waals surface area contributed by atoms with E-state index in [2.05, 4.69) is 9.73 Å². The molecule has 0 bridgehead atoms. The summed E-state index contributed by atoms with van der Waals surface area (Å²) < 4.78 is 40.3. The van der Waals surface area contributed by atoms with E-state index in [0.717, 1.165) is 0 Å². The van der Waals surface area contributed by atoms with E-state index < -0.39 is 12.8 Å². The van der Waals surface area contributed by atoms with Crippen molar-refractivity contribution in [1.82, 2.24) is 0 Å². The monoisotopic (exact) mass is 223 g/mol. The third kappa shape index (κ3) is 6.14. The molecule has 0 saturated carbocycles. The minimum Gasteiger partial charge on any atom is -0.487 e. The maximum absolute atomic E-state index is 11.9. The van der Waals surface area contributed by atoms with Crippen LogP contribution in [0.1, 0.15) is 27.7 Å². The van der Waals surface area contributed by atoms with E-state index >= 15 is 0 Å². The van der Waals surface area contributed by atoms with E-state index in [1.165, 1.54) is 13.1 Å². The van der Waals surface area contributed by atoms with Crippen LogP contribution >= 0.6 is 0 Å². The molecule has 0 aromatic rings. The highest BCUT2D eigenvalue weighted by Gasteiger charge is 2.28. The lowest BCUT2D eigenvalue weighted by atomic mass is 10.1. The van der Waals surface area contributed by atoms with Crippen LogP contribution in [0.2, 0.25) is 0 Å². The summed E-state index contributed by atoms with van der Waals surface area (Å²) in [6.07, 6.45) is -2.77. The molecule has 0 aromatic heterocycles. The molecule has 0 aliphatic heterocycles. The third-order valence-corrected chi connectivity index (χ3v) is 1.63. The van der Waals surface area contributed by atoms with E-state index in [-0.39, 0.29) is 11.7 Å². The summed E-state index contributed by atoms with van der Waals surface area (Å²) in [6.45, 7) is 5.63. The first-order valence-corrected chi connectivity index (χ1v) is 4.67. The molecule has 0 heterocycles. The number of allylic oxidation sites excluding steroid dienone is 2. The fourth-order valence-electron chi connectivity index (χ4n) is 1.05. The summed E-state index contributed by atoms with van der Waals surface area (Å²) in [6, 6.07) is 0. The number of aliphatic imine (C=N–C) groups is 1. The number of nitrogens with zero attached hydrogens (tertiary/aromatic N) is 1. The number of alkyl halides is 3. The molecule has 0 aliphatic carbocycles. The molecular weight excluding hydrogens is 207 g/mol. The first-order valence-electron chi connectivity index (χ1n) is 4.67. The van der Waals surface area contributed by atoms with Crippen molar-refractivity contribution in [2.24, 2.45) is 10.9 Å². The van der Waals surface area contributed by atoms with E-state index in [4.69, 9.17) is 0 Å². The Morgan fingerprint density at radius 3 is 2.27 bits per heavy atom. The Hall–Kier alpha value is -1.00. The van der Waals surface area contributed by atoms with Crippen LogP contribution in [0.5, 0.6) is 0 Å².